The minimum atomic E-state index is -0.422. The van der Waals surface area contributed by atoms with Crippen molar-refractivity contribution in [3.63, 3.8) is 0 Å². The molecule has 25 heavy (non-hydrogen) atoms. The molecular formula is C18H28N4O3. The van der Waals surface area contributed by atoms with Crippen molar-refractivity contribution in [3.05, 3.63) is 17.8 Å². The van der Waals surface area contributed by atoms with Gasteiger partial charge < -0.3 is 19.1 Å². The van der Waals surface area contributed by atoms with E-state index in [1.54, 1.807) is 11.8 Å². The first-order chi connectivity index (χ1) is 11.8. The lowest BCUT2D eigenvalue weighted by Gasteiger charge is -2.43. The summed E-state index contributed by atoms with van der Waals surface area (Å²) in [5.74, 6) is 0.419. The molecule has 1 aromatic rings. The molecule has 3 heterocycles. The number of hydrogen-bond donors (Lipinski definition) is 0. The first kappa shape index (κ1) is 17.9. The van der Waals surface area contributed by atoms with Crippen molar-refractivity contribution in [1.82, 2.24) is 19.7 Å². The highest BCUT2D eigenvalue weighted by atomic mass is 16.3. The lowest BCUT2D eigenvalue weighted by Crippen LogP contribution is -2.61. The van der Waals surface area contributed by atoms with Crippen molar-refractivity contribution in [1.29, 1.82) is 0 Å². The van der Waals surface area contributed by atoms with E-state index in [1.165, 1.54) is 6.39 Å². The Bertz CT molecular complexity index is 655. The Hall–Kier alpha value is -1.89. The maximum Gasteiger partial charge on any atom is 0.292 e. The number of rotatable bonds is 4. The van der Waals surface area contributed by atoms with Crippen molar-refractivity contribution in [2.45, 2.75) is 51.7 Å². The van der Waals surface area contributed by atoms with Crippen LogP contribution in [-0.2, 0) is 4.79 Å². The van der Waals surface area contributed by atoms with Crippen LogP contribution in [0.1, 0.15) is 42.9 Å². The number of nitrogens with zero attached hydrogens (tertiary/aromatic N) is 4. The molecule has 0 N–H and O–H groups in total. The molecule has 2 fully saturated rings. The summed E-state index contributed by atoms with van der Waals surface area (Å²) < 4.78 is 5.30. The number of aryl methyl sites for hydroxylation is 1. The number of likely N-dealkylation sites (N-methyl/N-ethyl adjacent to an activating group) is 1. The largest absolute Gasteiger partial charge is 0.438 e. The molecule has 7 heteroatoms. The molecule has 138 valence electrons. The second kappa shape index (κ2) is 6.78. The molecule has 2 aliphatic heterocycles. The van der Waals surface area contributed by atoms with Gasteiger partial charge in [0, 0.05) is 19.1 Å². The molecule has 0 bridgehead atoms. The van der Waals surface area contributed by atoms with Gasteiger partial charge in [0.1, 0.15) is 6.04 Å². The highest BCUT2D eigenvalue weighted by Crippen LogP contribution is 2.31. The zero-order chi connectivity index (χ0) is 18.3. The Kier molecular flexibility index (Phi) is 4.86. The van der Waals surface area contributed by atoms with Gasteiger partial charge in [0.25, 0.3) is 5.91 Å². The van der Waals surface area contributed by atoms with Gasteiger partial charge in [-0.25, -0.2) is 4.98 Å². The van der Waals surface area contributed by atoms with Crippen LogP contribution in [0.5, 0.6) is 0 Å². The molecule has 3 atom stereocenters. The minimum absolute atomic E-state index is 0.0693. The van der Waals surface area contributed by atoms with E-state index in [-0.39, 0.29) is 23.6 Å². The molecule has 0 aromatic carbocycles. The van der Waals surface area contributed by atoms with Crippen LogP contribution in [0.3, 0.4) is 0 Å². The third-order valence-electron chi connectivity index (χ3n) is 5.37. The van der Waals surface area contributed by atoms with Gasteiger partial charge in [-0.3, -0.25) is 9.59 Å². The molecule has 1 aromatic heterocycles. The highest BCUT2D eigenvalue weighted by molar-refractivity contribution is 5.97. The Morgan fingerprint density at radius 1 is 1.40 bits per heavy atom. The summed E-state index contributed by atoms with van der Waals surface area (Å²) in [5.41, 5.74) is 0.570. The third kappa shape index (κ3) is 3.29. The topological polar surface area (TPSA) is 69.9 Å². The summed E-state index contributed by atoms with van der Waals surface area (Å²) in [6.45, 7) is 7.22. The van der Waals surface area contributed by atoms with Gasteiger partial charge in [0.15, 0.2) is 6.39 Å². The summed E-state index contributed by atoms with van der Waals surface area (Å²) in [5, 5.41) is 0. The number of carbonyl (C=O) groups is 2. The Labute approximate surface area is 149 Å². The van der Waals surface area contributed by atoms with Crippen LogP contribution in [-0.4, -0.2) is 76.8 Å². The lowest BCUT2D eigenvalue weighted by atomic mass is 9.96. The molecule has 0 unspecified atom stereocenters. The van der Waals surface area contributed by atoms with Crippen molar-refractivity contribution in [2.75, 3.05) is 27.2 Å². The van der Waals surface area contributed by atoms with E-state index in [0.717, 1.165) is 13.0 Å². The van der Waals surface area contributed by atoms with Crippen molar-refractivity contribution in [2.24, 2.45) is 5.92 Å². The normalized spacial score (nSPS) is 26.7. The van der Waals surface area contributed by atoms with Crippen molar-refractivity contribution in [3.8, 4) is 0 Å². The highest BCUT2D eigenvalue weighted by Gasteiger charge is 2.48. The smallest absolute Gasteiger partial charge is 0.292 e. The summed E-state index contributed by atoms with van der Waals surface area (Å²) >= 11 is 0. The van der Waals surface area contributed by atoms with Crippen molar-refractivity contribution < 1.29 is 14.0 Å². The van der Waals surface area contributed by atoms with Gasteiger partial charge in [0.2, 0.25) is 11.7 Å². The van der Waals surface area contributed by atoms with E-state index in [9.17, 15) is 9.59 Å². The zero-order valence-electron chi connectivity index (χ0n) is 15.7. The quantitative estimate of drug-likeness (QED) is 0.822. The molecule has 2 amide bonds. The summed E-state index contributed by atoms with van der Waals surface area (Å²) in [6.07, 6.45) is 2.84. The summed E-state index contributed by atoms with van der Waals surface area (Å²) in [6, 6.07) is 0.000342. The number of fused-ring (bicyclic) bond motifs is 1. The van der Waals surface area contributed by atoms with E-state index in [2.05, 4.69) is 23.7 Å². The van der Waals surface area contributed by atoms with Crippen LogP contribution in [0.4, 0.5) is 0 Å². The Morgan fingerprint density at radius 3 is 2.68 bits per heavy atom. The molecule has 0 spiro atoms. The first-order valence-corrected chi connectivity index (χ1v) is 8.97. The predicted octanol–water partition coefficient (Wildman–Crippen LogP) is 1.38. The molecule has 3 rings (SSSR count). The van der Waals surface area contributed by atoms with Gasteiger partial charge in [-0.05, 0) is 39.8 Å². The van der Waals surface area contributed by atoms with E-state index in [1.807, 2.05) is 19.0 Å². The second-order valence-corrected chi connectivity index (χ2v) is 7.87. The number of piperazine rings is 1. The molecular weight excluding hydrogens is 320 g/mol. The van der Waals surface area contributed by atoms with Gasteiger partial charge >= 0.3 is 0 Å². The van der Waals surface area contributed by atoms with Gasteiger partial charge in [-0.15, -0.1) is 0 Å². The molecule has 0 radical (unpaired) electrons. The molecule has 0 saturated carbocycles. The van der Waals surface area contributed by atoms with Gasteiger partial charge in [0.05, 0.1) is 11.7 Å². The number of hydrogen-bond acceptors (Lipinski definition) is 5. The van der Waals surface area contributed by atoms with Crippen LogP contribution < -0.4 is 0 Å². The maximum atomic E-state index is 13.1. The van der Waals surface area contributed by atoms with E-state index in [0.29, 0.717) is 30.6 Å². The molecule has 2 saturated heterocycles. The van der Waals surface area contributed by atoms with Crippen LogP contribution in [0.25, 0.3) is 0 Å². The second-order valence-electron chi connectivity index (χ2n) is 7.87. The summed E-state index contributed by atoms with van der Waals surface area (Å²) in [4.78, 5) is 36.1. The maximum absolute atomic E-state index is 13.1. The lowest BCUT2D eigenvalue weighted by molar-refractivity contribution is -0.142. The van der Waals surface area contributed by atoms with Gasteiger partial charge in [-0.1, -0.05) is 13.8 Å². The SMILES string of the molecule is Cc1ncoc1C(=O)N1C[C@@H]2C[C@H](N(C)C)CN2C(=O)[C@@H]1CC(C)C. The molecule has 0 aliphatic carbocycles. The van der Waals surface area contributed by atoms with Crippen LogP contribution in [0.2, 0.25) is 0 Å². The minimum Gasteiger partial charge on any atom is -0.438 e. The number of carbonyl (C=O) groups excluding carboxylic acids is 2. The monoisotopic (exact) mass is 348 g/mol. The number of oxazole rings is 1. The van der Waals surface area contributed by atoms with E-state index in [4.69, 9.17) is 4.42 Å². The fourth-order valence-corrected chi connectivity index (χ4v) is 3.92. The fourth-order valence-electron chi connectivity index (χ4n) is 3.92. The Balaban J connectivity index is 1.89. The van der Waals surface area contributed by atoms with Crippen LogP contribution in [0.15, 0.2) is 10.8 Å². The first-order valence-electron chi connectivity index (χ1n) is 8.97. The Morgan fingerprint density at radius 2 is 2.12 bits per heavy atom. The average Bonchev–Trinajstić information content (AvgIpc) is 3.15. The number of amides is 2. The third-order valence-corrected chi connectivity index (χ3v) is 5.37. The fraction of sp³-hybridized carbons (Fsp3) is 0.722. The van der Waals surface area contributed by atoms with Crippen LogP contribution in [0, 0.1) is 12.8 Å². The van der Waals surface area contributed by atoms with E-state index < -0.39 is 6.04 Å². The van der Waals surface area contributed by atoms with Gasteiger partial charge in [-0.2, -0.15) is 0 Å². The zero-order valence-corrected chi connectivity index (χ0v) is 15.7. The predicted molar refractivity (Wildman–Crippen MR) is 93.1 cm³/mol. The average molecular weight is 348 g/mol. The molecule has 7 nitrogen and oxygen atoms in total. The van der Waals surface area contributed by atoms with E-state index >= 15 is 0 Å². The number of aromatic nitrogens is 1. The standard InChI is InChI=1S/C18H28N4O3/c1-11(2)6-15-17(23)21-8-13(20(4)5)7-14(21)9-22(15)18(24)16-12(3)19-10-25-16/h10-11,13-15H,6-9H2,1-5H3/t13-,14-,15-/m0/s1. The molecule has 2 aliphatic rings. The summed E-state index contributed by atoms with van der Waals surface area (Å²) in [7, 11) is 4.08. The van der Waals surface area contributed by atoms with Crippen LogP contribution >= 0.6 is 0 Å². The van der Waals surface area contributed by atoms with Crippen molar-refractivity contribution >= 4 is 11.8 Å².